The van der Waals surface area contributed by atoms with Crippen LogP contribution in [-0.2, 0) is 47.5 Å². The first-order valence-electron chi connectivity index (χ1n) is 18.4. The number of aldehydes is 1. The first-order chi connectivity index (χ1) is 27.0. The number of hydrogen-bond donors (Lipinski definition) is 2. The molecule has 17 heteroatoms. The van der Waals surface area contributed by atoms with Gasteiger partial charge in [-0.2, -0.15) is 0 Å². The Morgan fingerprint density at radius 1 is 0.618 bits per heavy atom. The number of benzene rings is 2. The highest BCUT2D eigenvalue weighted by Crippen LogP contribution is 2.32. The summed E-state index contributed by atoms with van der Waals surface area (Å²) in [6.07, 6.45) is 0.953. The van der Waals surface area contributed by atoms with Gasteiger partial charge in [-0.3, -0.25) is 34.2 Å². The highest BCUT2D eigenvalue weighted by Gasteiger charge is 2.45. The number of amides is 4. The van der Waals surface area contributed by atoms with Crippen LogP contribution in [-0.4, -0.2) is 160 Å². The van der Waals surface area contributed by atoms with Crippen molar-refractivity contribution in [1.29, 1.82) is 0 Å². The largest absolute Gasteiger partial charge is 0.491 e. The van der Waals surface area contributed by atoms with E-state index in [1.165, 1.54) is 0 Å². The molecule has 302 valence electrons. The molecule has 55 heavy (non-hydrogen) atoms. The van der Waals surface area contributed by atoms with E-state index in [0.29, 0.717) is 136 Å². The van der Waals surface area contributed by atoms with Crippen molar-refractivity contribution in [2.45, 2.75) is 18.9 Å². The molecule has 2 aromatic rings. The number of ether oxygens (including phenoxy) is 9. The van der Waals surface area contributed by atoms with Crippen LogP contribution in [0.4, 0.5) is 5.69 Å². The molecule has 0 aromatic heterocycles. The number of nitrogens with zero attached hydrogens (tertiary/aromatic N) is 1. The zero-order valence-corrected chi connectivity index (χ0v) is 31.0. The van der Waals surface area contributed by atoms with Crippen molar-refractivity contribution < 1.29 is 66.6 Å². The number of imide groups is 2. The van der Waals surface area contributed by atoms with Gasteiger partial charge in [0.1, 0.15) is 24.7 Å². The van der Waals surface area contributed by atoms with Gasteiger partial charge in [-0.25, -0.2) is 0 Å². The second kappa shape index (κ2) is 25.7. The molecule has 1 atom stereocenters. The lowest BCUT2D eigenvalue weighted by atomic mass is 10.0. The molecular weight excluding hydrogens is 722 g/mol. The quantitative estimate of drug-likeness (QED) is 0.0636. The maximum absolute atomic E-state index is 13.2. The topological polar surface area (TPSA) is 196 Å². The predicted octanol–water partition coefficient (Wildman–Crippen LogP) is 1.52. The molecular formula is C38H51N3O14. The Kier molecular flexibility index (Phi) is 20.3. The zero-order chi connectivity index (χ0) is 38.9. The third-order valence-corrected chi connectivity index (χ3v) is 8.15. The molecule has 2 aromatic carbocycles. The fraction of sp³-hybridized carbons (Fsp3) is 0.553. The van der Waals surface area contributed by atoms with Gasteiger partial charge in [0.25, 0.3) is 11.8 Å². The molecule has 1 fully saturated rings. The molecule has 17 nitrogen and oxygen atoms in total. The Morgan fingerprint density at radius 3 is 1.60 bits per heavy atom. The lowest BCUT2D eigenvalue weighted by Crippen LogP contribution is -2.54. The fourth-order valence-electron chi connectivity index (χ4n) is 5.42. The molecule has 0 saturated carbocycles. The van der Waals surface area contributed by atoms with E-state index in [2.05, 4.69) is 10.6 Å². The Hall–Kier alpha value is -4.33. The van der Waals surface area contributed by atoms with E-state index >= 15 is 0 Å². The normalized spacial score (nSPS) is 15.3. The summed E-state index contributed by atoms with van der Waals surface area (Å²) in [5, 5.41) is 5.33. The summed E-state index contributed by atoms with van der Waals surface area (Å²) in [5.74, 6) is -1.49. The van der Waals surface area contributed by atoms with E-state index in [1.807, 2.05) is 0 Å². The number of rotatable bonds is 31. The van der Waals surface area contributed by atoms with Gasteiger partial charge in [0.2, 0.25) is 11.8 Å². The molecule has 0 aliphatic carbocycles. The highest BCUT2D eigenvalue weighted by molar-refractivity contribution is 6.25. The van der Waals surface area contributed by atoms with E-state index in [1.54, 1.807) is 42.5 Å². The Labute approximate surface area is 320 Å². The maximum Gasteiger partial charge on any atom is 0.264 e. The standard InChI is InChI=1S/C38H51N3O14/c42-28-29-4-6-30(7-5-29)55-27-26-54-25-24-53-23-22-52-21-20-51-19-18-50-17-16-49-15-14-48-13-12-47-11-10-39-32-3-1-2-31-35(32)38(46)41(37(31)45)33-8-9-34(43)40-36(33)44/h1-7,28,33,39H,8-27H2,(H,40,43,44). The molecule has 2 N–H and O–H groups in total. The summed E-state index contributed by atoms with van der Waals surface area (Å²) in [7, 11) is 0. The third kappa shape index (κ3) is 15.4. The van der Waals surface area contributed by atoms with Gasteiger partial charge in [0.15, 0.2) is 0 Å². The smallest absolute Gasteiger partial charge is 0.264 e. The first kappa shape index (κ1) is 43.4. The number of anilines is 1. The van der Waals surface area contributed by atoms with E-state index < -0.39 is 29.7 Å². The van der Waals surface area contributed by atoms with Crippen molar-refractivity contribution in [1.82, 2.24) is 10.2 Å². The minimum atomic E-state index is -1.01. The van der Waals surface area contributed by atoms with Crippen molar-refractivity contribution in [2.75, 3.05) is 124 Å². The van der Waals surface area contributed by atoms with Gasteiger partial charge in [0.05, 0.1) is 117 Å². The lowest BCUT2D eigenvalue weighted by Gasteiger charge is -2.27. The van der Waals surface area contributed by atoms with E-state index in [0.717, 1.165) is 11.2 Å². The lowest BCUT2D eigenvalue weighted by molar-refractivity contribution is -0.136. The fourth-order valence-corrected chi connectivity index (χ4v) is 5.42. The summed E-state index contributed by atoms with van der Waals surface area (Å²) in [4.78, 5) is 61.5. The summed E-state index contributed by atoms with van der Waals surface area (Å²) in [5.41, 5.74) is 1.50. The molecule has 2 aliphatic rings. The van der Waals surface area contributed by atoms with E-state index in [9.17, 15) is 24.0 Å². The van der Waals surface area contributed by atoms with Crippen LogP contribution in [0.2, 0.25) is 0 Å². The monoisotopic (exact) mass is 773 g/mol. The molecule has 1 saturated heterocycles. The van der Waals surface area contributed by atoms with Crippen LogP contribution in [0.15, 0.2) is 42.5 Å². The molecule has 4 rings (SSSR count). The Morgan fingerprint density at radius 2 is 1.11 bits per heavy atom. The number of carbonyl (C=O) groups is 5. The van der Waals surface area contributed by atoms with Gasteiger partial charge in [-0.15, -0.1) is 0 Å². The minimum Gasteiger partial charge on any atom is -0.491 e. The molecule has 0 spiro atoms. The zero-order valence-electron chi connectivity index (χ0n) is 31.0. The van der Waals surface area contributed by atoms with Gasteiger partial charge in [-0.05, 0) is 42.8 Å². The van der Waals surface area contributed by atoms with Crippen molar-refractivity contribution in [3.63, 3.8) is 0 Å². The van der Waals surface area contributed by atoms with Crippen LogP contribution in [0.1, 0.15) is 43.9 Å². The molecule has 2 heterocycles. The number of nitrogens with one attached hydrogen (secondary N) is 2. The molecule has 4 amide bonds. The summed E-state index contributed by atoms with van der Waals surface area (Å²) >= 11 is 0. The van der Waals surface area contributed by atoms with E-state index in [-0.39, 0.29) is 24.0 Å². The van der Waals surface area contributed by atoms with Gasteiger partial charge < -0.3 is 47.9 Å². The Balaban J connectivity index is 0.855. The second-order valence-electron chi connectivity index (χ2n) is 12.0. The van der Waals surface area contributed by atoms with E-state index in [4.69, 9.17) is 42.6 Å². The first-order valence-corrected chi connectivity index (χ1v) is 18.4. The van der Waals surface area contributed by atoms with Crippen LogP contribution in [0.5, 0.6) is 5.75 Å². The summed E-state index contributed by atoms with van der Waals surface area (Å²) < 4.78 is 49.5. The second-order valence-corrected chi connectivity index (χ2v) is 12.0. The molecule has 0 radical (unpaired) electrons. The molecule has 0 bridgehead atoms. The van der Waals surface area contributed by atoms with Crippen LogP contribution in [0, 0.1) is 0 Å². The van der Waals surface area contributed by atoms with Crippen LogP contribution < -0.4 is 15.4 Å². The van der Waals surface area contributed by atoms with Crippen molar-refractivity contribution in [3.05, 3.63) is 59.2 Å². The highest BCUT2D eigenvalue weighted by atomic mass is 16.6. The summed E-state index contributed by atoms with van der Waals surface area (Å²) in [6, 6.07) is 10.8. The third-order valence-electron chi connectivity index (χ3n) is 8.15. The van der Waals surface area contributed by atoms with Crippen molar-refractivity contribution in [3.8, 4) is 5.75 Å². The summed E-state index contributed by atoms with van der Waals surface area (Å²) in [6.45, 7) is 7.73. The van der Waals surface area contributed by atoms with Crippen molar-refractivity contribution >= 4 is 35.6 Å². The van der Waals surface area contributed by atoms with Gasteiger partial charge in [-0.1, -0.05) is 6.07 Å². The van der Waals surface area contributed by atoms with Crippen LogP contribution in [0.25, 0.3) is 0 Å². The number of fused-ring (bicyclic) bond motifs is 1. The number of hydrogen-bond acceptors (Lipinski definition) is 15. The van der Waals surface area contributed by atoms with Gasteiger partial charge in [0, 0.05) is 24.2 Å². The predicted molar refractivity (Wildman–Crippen MR) is 195 cm³/mol. The molecule has 1 unspecified atom stereocenters. The van der Waals surface area contributed by atoms with Crippen LogP contribution in [0.3, 0.4) is 0 Å². The SMILES string of the molecule is O=Cc1ccc(OCCOCCOCCOCCOCCOCCOCCOCCOCCNc2cccc3c2C(=O)N(C2CCC(=O)NC2=O)C3=O)cc1. The van der Waals surface area contributed by atoms with Gasteiger partial charge >= 0.3 is 0 Å². The average Bonchev–Trinajstić information content (AvgIpc) is 3.45. The number of carbonyl (C=O) groups excluding carboxylic acids is 5. The number of piperidine rings is 1. The molecule has 2 aliphatic heterocycles. The maximum atomic E-state index is 13.2. The van der Waals surface area contributed by atoms with Crippen molar-refractivity contribution in [2.24, 2.45) is 0 Å². The van der Waals surface area contributed by atoms with Crippen LogP contribution >= 0.6 is 0 Å². The Bertz CT molecular complexity index is 1490. The minimum absolute atomic E-state index is 0.0634. The average molecular weight is 774 g/mol.